The Hall–Kier alpha value is -2.88. The number of nitrogens with zero attached hydrogens (tertiary/aromatic N) is 4. The molecule has 6 nitrogen and oxygen atoms in total. The van der Waals surface area contributed by atoms with E-state index in [-0.39, 0.29) is 6.54 Å². The summed E-state index contributed by atoms with van der Waals surface area (Å²) in [6.45, 7) is 0.642. The maximum Gasteiger partial charge on any atom is 0.434 e. The van der Waals surface area contributed by atoms with Crippen molar-refractivity contribution in [3.05, 3.63) is 64.6 Å². The predicted octanol–water partition coefficient (Wildman–Crippen LogP) is 3.21. The molecule has 0 aliphatic carbocycles. The molecule has 0 aliphatic heterocycles. The summed E-state index contributed by atoms with van der Waals surface area (Å²) in [5.74, 6) is 0.471. The molecule has 2 N–H and O–H groups in total. The van der Waals surface area contributed by atoms with Crippen molar-refractivity contribution in [1.29, 1.82) is 0 Å². The van der Waals surface area contributed by atoms with Gasteiger partial charge in [-0.2, -0.15) is 13.2 Å². The molecule has 0 radical (unpaired) electrons. The summed E-state index contributed by atoms with van der Waals surface area (Å²) >= 11 is 0.957. The fourth-order valence-electron chi connectivity index (χ4n) is 2.40. The van der Waals surface area contributed by atoms with E-state index in [4.69, 9.17) is 0 Å². The van der Waals surface area contributed by atoms with Crippen molar-refractivity contribution in [2.24, 2.45) is 4.99 Å². The van der Waals surface area contributed by atoms with Crippen LogP contribution in [0.3, 0.4) is 0 Å². The number of para-hydroxylation sites is 1. The summed E-state index contributed by atoms with van der Waals surface area (Å²) in [6, 6.07) is 7.82. The molecule has 0 bridgehead atoms. The van der Waals surface area contributed by atoms with Crippen LogP contribution < -0.4 is 10.6 Å². The molecule has 0 saturated carbocycles. The Kier molecular flexibility index (Phi) is 5.75. The van der Waals surface area contributed by atoms with Gasteiger partial charge >= 0.3 is 6.18 Å². The summed E-state index contributed by atoms with van der Waals surface area (Å²) in [5, 5.41) is 7.48. The van der Waals surface area contributed by atoms with E-state index < -0.39 is 11.9 Å². The fraction of sp³-hybridized carbons (Fsp3) is 0.235. The molecule has 3 rings (SSSR count). The zero-order valence-electron chi connectivity index (χ0n) is 14.4. The number of imidazole rings is 1. The van der Waals surface area contributed by atoms with E-state index in [0.717, 1.165) is 28.0 Å². The lowest BCUT2D eigenvalue weighted by Gasteiger charge is -2.14. The van der Waals surface area contributed by atoms with E-state index in [2.05, 4.69) is 25.6 Å². The summed E-state index contributed by atoms with van der Waals surface area (Å²) < 4.78 is 39.7. The Morgan fingerprint density at radius 1 is 1.22 bits per heavy atom. The quantitative estimate of drug-likeness (QED) is 0.515. The zero-order valence-corrected chi connectivity index (χ0v) is 15.2. The SMILES string of the molecule is CN=C(NCc1nc(C(F)(F)F)cs1)NCc1ccccc1-n1ccnc1. The molecule has 0 amide bonds. The summed E-state index contributed by atoms with van der Waals surface area (Å²) in [5.41, 5.74) is 1.13. The van der Waals surface area contributed by atoms with E-state index >= 15 is 0 Å². The standard InChI is InChI=1S/C17H17F3N6S/c1-21-16(24-9-15-25-14(10-27-15)17(18,19)20)23-8-12-4-2-3-5-13(12)26-7-6-22-11-26/h2-7,10-11H,8-9H2,1H3,(H2,21,23,24). The average molecular weight is 394 g/mol. The van der Waals surface area contributed by atoms with Crippen molar-refractivity contribution in [1.82, 2.24) is 25.2 Å². The normalized spacial score (nSPS) is 12.2. The molecular formula is C17H17F3N6S. The van der Waals surface area contributed by atoms with Gasteiger partial charge in [-0.25, -0.2) is 9.97 Å². The van der Waals surface area contributed by atoms with Crippen molar-refractivity contribution < 1.29 is 13.2 Å². The highest BCUT2D eigenvalue weighted by Gasteiger charge is 2.33. The minimum atomic E-state index is -4.42. The molecule has 0 fully saturated rings. The third-order valence-corrected chi connectivity index (χ3v) is 4.54. The third kappa shape index (κ3) is 4.85. The molecule has 3 aromatic rings. The first-order chi connectivity index (χ1) is 13.0. The molecule has 0 aliphatic rings. The van der Waals surface area contributed by atoms with Crippen LogP contribution in [0.2, 0.25) is 0 Å². The molecule has 27 heavy (non-hydrogen) atoms. The molecular weight excluding hydrogens is 377 g/mol. The molecule has 142 valence electrons. The number of alkyl halides is 3. The number of thiazole rings is 1. The van der Waals surface area contributed by atoms with Gasteiger partial charge in [0.25, 0.3) is 0 Å². The molecule has 1 aromatic carbocycles. The van der Waals surface area contributed by atoms with Gasteiger partial charge in [-0.05, 0) is 11.6 Å². The second-order valence-electron chi connectivity index (χ2n) is 5.50. The molecule has 2 heterocycles. The Balaban J connectivity index is 1.60. The summed E-state index contributed by atoms with van der Waals surface area (Å²) in [6.07, 6.45) is 0.846. The van der Waals surface area contributed by atoms with Gasteiger partial charge in [0.2, 0.25) is 0 Å². The molecule has 0 spiro atoms. The van der Waals surface area contributed by atoms with Crippen molar-refractivity contribution in [3.63, 3.8) is 0 Å². The van der Waals surface area contributed by atoms with Crippen LogP contribution >= 0.6 is 11.3 Å². The minimum absolute atomic E-state index is 0.156. The number of hydrogen-bond acceptors (Lipinski definition) is 4. The lowest BCUT2D eigenvalue weighted by atomic mass is 10.1. The van der Waals surface area contributed by atoms with Crippen LogP contribution in [0.25, 0.3) is 5.69 Å². The lowest BCUT2D eigenvalue weighted by Crippen LogP contribution is -2.36. The third-order valence-electron chi connectivity index (χ3n) is 3.69. The number of guanidine groups is 1. The van der Waals surface area contributed by atoms with Crippen LogP contribution in [-0.2, 0) is 19.3 Å². The Morgan fingerprint density at radius 3 is 2.67 bits per heavy atom. The van der Waals surface area contributed by atoms with Crippen LogP contribution in [0.15, 0.2) is 53.4 Å². The molecule has 0 atom stereocenters. The largest absolute Gasteiger partial charge is 0.434 e. The highest BCUT2D eigenvalue weighted by Crippen LogP contribution is 2.29. The van der Waals surface area contributed by atoms with Gasteiger partial charge in [-0.15, -0.1) is 11.3 Å². The average Bonchev–Trinajstić information content (AvgIpc) is 3.34. The van der Waals surface area contributed by atoms with Crippen LogP contribution in [0.1, 0.15) is 16.3 Å². The number of aromatic nitrogens is 3. The maximum atomic E-state index is 12.6. The summed E-state index contributed by atoms with van der Waals surface area (Å²) in [4.78, 5) is 11.7. The first kappa shape index (κ1) is 18.9. The van der Waals surface area contributed by atoms with Crippen LogP contribution in [0.4, 0.5) is 13.2 Å². The molecule has 0 saturated heterocycles. The van der Waals surface area contributed by atoms with Gasteiger partial charge in [0.15, 0.2) is 11.7 Å². The number of benzene rings is 1. The van der Waals surface area contributed by atoms with Crippen LogP contribution in [0.5, 0.6) is 0 Å². The maximum absolute atomic E-state index is 12.6. The van der Waals surface area contributed by atoms with Crippen molar-refractivity contribution in [2.45, 2.75) is 19.3 Å². The van der Waals surface area contributed by atoms with Gasteiger partial charge in [-0.3, -0.25) is 4.99 Å². The lowest BCUT2D eigenvalue weighted by molar-refractivity contribution is -0.140. The van der Waals surface area contributed by atoms with E-state index in [1.54, 1.807) is 19.6 Å². The first-order valence-corrected chi connectivity index (χ1v) is 8.87. The van der Waals surface area contributed by atoms with Gasteiger partial charge < -0.3 is 15.2 Å². The second-order valence-corrected chi connectivity index (χ2v) is 6.44. The highest BCUT2D eigenvalue weighted by atomic mass is 32.1. The summed E-state index contributed by atoms with van der Waals surface area (Å²) in [7, 11) is 1.60. The van der Waals surface area contributed by atoms with Crippen LogP contribution in [0, 0.1) is 0 Å². The van der Waals surface area contributed by atoms with E-state index in [1.165, 1.54) is 0 Å². The van der Waals surface area contributed by atoms with Gasteiger partial charge in [0, 0.05) is 31.4 Å². The zero-order chi connectivity index (χ0) is 19.3. The monoisotopic (exact) mass is 394 g/mol. The number of nitrogens with one attached hydrogen (secondary N) is 2. The Morgan fingerprint density at radius 2 is 2.00 bits per heavy atom. The van der Waals surface area contributed by atoms with Crippen molar-refractivity contribution in [3.8, 4) is 5.69 Å². The van der Waals surface area contributed by atoms with E-state index in [9.17, 15) is 13.2 Å². The molecule has 10 heteroatoms. The molecule has 2 aromatic heterocycles. The fourth-order valence-corrected chi connectivity index (χ4v) is 3.14. The van der Waals surface area contributed by atoms with Crippen molar-refractivity contribution >= 4 is 17.3 Å². The molecule has 0 unspecified atom stereocenters. The Labute approximate surface area is 157 Å². The van der Waals surface area contributed by atoms with E-state index in [1.807, 2.05) is 35.0 Å². The highest BCUT2D eigenvalue weighted by molar-refractivity contribution is 7.09. The number of rotatable bonds is 5. The number of halogens is 3. The smallest absolute Gasteiger partial charge is 0.352 e. The van der Waals surface area contributed by atoms with Crippen molar-refractivity contribution in [2.75, 3.05) is 7.05 Å². The topological polar surface area (TPSA) is 67.1 Å². The van der Waals surface area contributed by atoms with Crippen LogP contribution in [-0.4, -0.2) is 27.5 Å². The van der Waals surface area contributed by atoms with E-state index in [0.29, 0.717) is 17.5 Å². The first-order valence-electron chi connectivity index (χ1n) is 7.99. The van der Waals surface area contributed by atoms with Gasteiger partial charge in [0.1, 0.15) is 5.01 Å². The number of aliphatic imine (C=N–C) groups is 1. The predicted molar refractivity (Wildman–Crippen MR) is 97.7 cm³/mol. The second kappa shape index (κ2) is 8.21. The number of hydrogen-bond donors (Lipinski definition) is 2. The van der Waals surface area contributed by atoms with Gasteiger partial charge in [-0.1, -0.05) is 18.2 Å². The minimum Gasteiger partial charge on any atom is -0.352 e. The Bertz CT molecular complexity index is 902. The van der Waals surface area contributed by atoms with Gasteiger partial charge in [0.05, 0.1) is 18.6 Å².